The number of hydrogen-bond donors (Lipinski definition) is 1. The molecule has 0 spiro atoms. The fourth-order valence-corrected chi connectivity index (χ4v) is 2.44. The Labute approximate surface area is 150 Å². The first-order chi connectivity index (χ1) is 12.5. The van der Waals surface area contributed by atoms with Crippen LogP contribution in [-0.2, 0) is 16.1 Å². The van der Waals surface area contributed by atoms with Crippen LogP contribution in [-0.4, -0.2) is 32.7 Å². The number of ether oxygens (including phenoxy) is 1. The molecule has 136 valence electrons. The highest BCUT2D eigenvalue weighted by molar-refractivity contribution is 5.94. The van der Waals surface area contributed by atoms with E-state index < -0.39 is 18.0 Å². The molecule has 0 bridgehead atoms. The van der Waals surface area contributed by atoms with Gasteiger partial charge in [0.25, 0.3) is 5.91 Å². The van der Waals surface area contributed by atoms with E-state index in [1.54, 1.807) is 29.1 Å². The minimum atomic E-state index is -0.938. The SMILES string of the molecule is CC(OC(=O)c1cnc2c(cnn2C(C)C)c1)C(=O)NCc1ccco1. The zero-order chi connectivity index (χ0) is 18.7. The van der Waals surface area contributed by atoms with E-state index in [2.05, 4.69) is 15.4 Å². The zero-order valence-electron chi connectivity index (χ0n) is 14.8. The van der Waals surface area contributed by atoms with Crippen LogP contribution in [0.15, 0.2) is 41.3 Å². The van der Waals surface area contributed by atoms with Crippen LogP contribution in [0.4, 0.5) is 0 Å². The maximum Gasteiger partial charge on any atom is 0.340 e. The van der Waals surface area contributed by atoms with Gasteiger partial charge in [0.05, 0.1) is 24.6 Å². The Kier molecular flexibility index (Phi) is 5.01. The monoisotopic (exact) mass is 356 g/mol. The molecule has 0 radical (unpaired) electrons. The lowest BCUT2D eigenvalue weighted by molar-refractivity contribution is -0.129. The Hall–Kier alpha value is -3.16. The van der Waals surface area contributed by atoms with Crippen LogP contribution in [0, 0.1) is 0 Å². The van der Waals surface area contributed by atoms with Crippen molar-refractivity contribution in [1.82, 2.24) is 20.1 Å². The number of nitrogens with zero attached hydrogens (tertiary/aromatic N) is 3. The molecule has 0 aliphatic rings. The fraction of sp³-hybridized carbons (Fsp3) is 0.333. The van der Waals surface area contributed by atoms with Crippen LogP contribution in [0.3, 0.4) is 0 Å². The lowest BCUT2D eigenvalue weighted by atomic mass is 10.2. The molecular weight excluding hydrogens is 336 g/mol. The second-order valence-electron chi connectivity index (χ2n) is 6.16. The quantitative estimate of drug-likeness (QED) is 0.681. The van der Waals surface area contributed by atoms with Crippen LogP contribution >= 0.6 is 0 Å². The van der Waals surface area contributed by atoms with Gasteiger partial charge in [-0.2, -0.15) is 5.10 Å². The molecule has 1 unspecified atom stereocenters. The molecule has 1 N–H and O–H groups in total. The highest BCUT2D eigenvalue weighted by atomic mass is 16.5. The maximum absolute atomic E-state index is 12.3. The molecule has 3 rings (SSSR count). The third kappa shape index (κ3) is 3.74. The number of fused-ring (bicyclic) bond motifs is 1. The van der Waals surface area contributed by atoms with E-state index in [-0.39, 0.29) is 18.2 Å². The highest BCUT2D eigenvalue weighted by Crippen LogP contribution is 2.17. The number of nitrogens with one attached hydrogen (secondary N) is 1. The Morgan fingerprint density at radius 1 is 1.31 bits per heavy atom. The van der Waals surface area contributed by atoms with Crippen molar-refractivity contribution < 1.29 is 18.7 Å². The van der Waals surface area contributed by atoms with E-state index in [0.29, 0.717) is 11.4 Å². The average molecular weight is 356 g/mol. The number of carbonyl (C=O) groups excluding carboxylic acids is 2. The Bertz CT molecular complexity index is 915. The predicted molar refractivity (Wildman–Crippen MR) is 93.3 cm³/mol. The molecule has 0 aliphatic carbocycles. The van der Waals surface area contributed by atoms with Gasteiger partial charge in [-0.3, -0.25) is 4.79 Å². The number of rotatable bonds is 6. The van der Waals surface area contributed by atoms with Gasteiger partial charge in [0.15, 0.2) is 11.8 Å². The molecule has 0 aromatic carbocycles. The van der Waals surface area contributed by atoms with Crippen LogP contribution in [0.1, 0.15) is 42.9 Å². The van der Waals surface area contributed by atoms with Gasteiger partial charge < -0.3 is 14.5 Å². The summed E-state index contributed by atoms with van der Waals surface area (Å²) in [4.78, 5) is 28.6. The number of pyridine rings is 1. The topological polar surface area (TPSA) is 99.2 Å². The van der Waals surface area contributed by atoms with Crippen molar-refractivity contribution in [2.24, 2.45) is 0 Å². The summed E-state index contributed by atoms with van der Waals surface area (Å²) in [5.74, 6) is -0.401. The Balaban J connectivity index is 1.63. The predicted octanol–water partition coefficient (Wildman–Crippen LogP) is 2.47. The molecule has 3 aromatic heterocycles. The van der Waals surface area contributed by atoms with Crippen molar-refractivity contribution >= 4 is 22.9 Å². The van der Waals surface area contributed by atoms with Crippen molar-refractivity contribution in [2.75, 3.05) is 0 Å². The molecule has 26 heavy (non-hydrogen) atoms. The molecule has 0 aliphatic heterocycles. The van der Waals surface area contributed by atoms with Gasteiger partial charge in [0.2, 0.25) is 0 Å². The van der Waals surface area contributed by atoms with Gasteiger partial charge in [-0.15, -0.1) is 0 Å². The van der Waals surface area contributed by atoms with Crippen molar-refractivity contribution in [3.8, 4) is 0 Å². The van der Waals surface area contributed by atoms with Gasteiger partial charge in [-0.25, -0.2) is 14.5 Å². The van der Waals surface area contributed by atoms with E-state index in [9.17, 15) is 9.59 Å². The summed E-state index contributed by atoms with van der Waals surface area (Å²) in [5, 5.41) is 7.65. The fourth-order valence-electron chi connectivity index (χ4n) is 2.44. The number of hydrogen-bond acceptors (Lipinski definition) is 6. The second kappa shape index (κ2) is 7.38. The van der Waals surface area contributed by atoms with Crippen molar-refractivity contribution in [3.63, 3.8) is 0 Å². The molecule has 0 saturated carbocycles. The first-order valence-corrected chi connectivity index (χ1v) is 8.30. The number of esters is 1. The maximum atomic E-state index is 12.3. The molecule has 3 heterocycles. The van der Waals surface area contributed by atoms with Crippen LogP contribution in [0.2, 0.25) is 0 Å². The number of furan rings is 1. The van der Waals surface area contributed by atoms with Gasteiger partial charge >= 0.3 is 5.97 Å². The number of amides is 1. The number of aromatic nitrogens is 3. The summed E-state index contributed by atoms with van der Waals surface area (Å²) < 4.78 is 12.1. The van der Waals surface area contributed by atoms with E-state index in [4.69, 9.17) is 9.15 Å². The van der Waals surface area contributed by atoms with Gasteiger partial charge in [-0.1, -0.05) is 0 Å². The minimum Gasteiger partial charge on any atom is -0.467 e. The lowest BCUT2D eigenvalue weighted by Gasteiger charge is -2.13. The highest BCUT2D eigenvalue weighted by Gasteiger charge is 2.20. The molecule has 8 heteroatoms. The van der Waals surface area contributed by atoms with E-state index >= 15 is 0 Å². The molecule has 3 aromatic rings. The van der Waals surface area contributed by atoms with E-state index in [1.165, 1.54) is 19.4 Å². The first kappa shape index (κ1) is 17.7. The average Bonchev–Trinajstić information content (AvgIpc) is 3.28. The van der Waals surface area contributed by atoms with E-state index in [0.717, 1.165) is 5.39 Å². The molecule has 0 fully saturated rings. The summed E-state index contributed by atoms with van der Waals surface area (Å²) in [5.41, 5.74) is 0.965. The smallest absolute Gasteiger partial charge is 0.340 e. The van der Waals surface area contributed by atoms with Crippen LogP contribution < -0.4 is 5.32 Å². The van der Waals surface area contributed by atoms with Crippen LogP contribution in [0.5, 0.6) is 0 Å². The van der Waals surface area contributed by atoms with Gasteiger partial charge in [-0.05, 0) is 39.0 Å². The zero-order valence-corrected chi connectivity index (χ0v) is 14.8. The normalized spacial score (nSPS) is 12.3. The van der Waals surface area contributed by atoms with E-state index in [1.807, 2.05) is 13.8 Å². The summed E-state index contributed by atoms with van der Waals surface area (Å²) >= 11 is 0. The van der Waals surface area contributed by atoms with Gasteiger partial charge in [0.1, 0.15) is 5.76 Å². The van der Waals surface area contributed by atoms with Crippen molar-refractivity contribution in [1.29, 1.82) is 0 Å². The van der Waals surface area contributed by atoms with Crippen molar-refractivity contribution in [3.05, 3.63) is 48.2 Å². The molecule has 0 saturated heterocycles. The third-order valence-corrected chi connectivity index (χ3v) is 3.83. The lowest BCUT2D eigenvalue weighted by Crippen LogP contribution is -2.35. The van der Waals surface area contributed by atoms with Crippen LogP contribution in [0.25, 0.3) is 11.0 Å². The standard InChI is InChI=1S/C18H20N4O4/c1-11(2)22-16-13(9-21-22)7-14(8-19-16)18(24)26-12(3)17(23)20-10-15-5-4-6-25-15/h4-9,11-12H,10H2,1-3H3,(H,20,23). The minimum absolute atomic E-state index is 0.163. The summed E-state index contributed by atoms with van der Waals surface area (Å²) in [6.45, 7) is 5.74. The molecule has 1 amide bonds. The largest absolute Gasteiger partial charge is 0.467 e. The van der Waals surface area contributed by atoms with Gasteiger partial charge in [0, 0.05) is 17.6 Å². The number of carbonyl (C=O) groups is 2. The first-order valence-electron chi connectivity index (χ1n) is 8.30. The summed E-state index contributed by atoms with van der Waals surface area (Å²) in [6.07, 6.45) is 3.67. The summed E-state index contributed by atoms with van der Waals surface area (Å²) in [7, 11) is 0. The van der Waals surface area contributed by atoms with Crippen molar-refractivity contribution in [2.45, 2.75) is 39.5 Å². The Morgan fingerprint density at radius 3 is 2.81 bits per heavy atom. The molecule has 1 atom stereocenters. The summed E-state index contributed by atoms with van der Waals surface area (Å²) in [6, 6.07) is 5.30. The second-order valence-corrected chi connectivity index (χ2v) is 6.16. The third-order valence-electron chi connectivity index (χ3n) is 3.83. The Morgan fingerprint density at radius 2 is 2.12 bits per heavy atom. The molecule has 8 nitrogen and oxygen atoms in total. The molecular formula is C18H20N4O4.